The Hall–Kier alpha value is -2.78. The molecule has 162 valence electrons. The molecule has 9 heteroatoms. The first-order valence-corrected chi connectivity index (χ1v) is 12.4. The van der Waals surface area contributed by atoms with E-state index in [-0.39, 0.29) is 0 Å². The Labute approximate surface area is 182 Å². The molecule has 4 heterocycles. The van der Waals surface area contributed by atoms with E-state index in [9.17, 15) is 8.42 Å². The van der Waals surface area contributed by atoms with Gasteiger partial charge in [0.2, 0.25) is 10.0 Å². The second-order valence-electron chi connectivity index (χ2n) is 8.78. The third-order valence-electron chi connectivity index (χ3n) is 6.32. The van der Waals surface area contributed by atoms with Gasteiger partial charge < -0.3 is 4.90 Å². The molecular weight excluding hydrogens is 412 g/mol. The third kappa shape index (κ3) is 4.33. The average Bonchev–Trinajstić information content (AvgIpc) is 2.73. The lowest BCUT2D eigenvalue weighted by Gasteiger charge is -2.54. The van der Waals surface area contributed by atoms with E-state index >= 15 is 0 Å². The molecule has 5 rings (SSSR count). The summed E-state index contributed by atoms with van der Waals surface area (Å²) >= 11 is 0. The molecule has 31 heavy (non-hydrogen) atoms. The molecule has 0 unspecified atom stereocenters. The van der Waals surface area contributed by atoms with E-state index in [1.807, 2.05) is 36.4 Å². The average molecular weight is 439 g/mol. The van der Waals surface area contributed by atoms with Gasteiger partial charge in [-0.25, -0.2) is 23.4 Å². The topological polar surface area (TPSA) is 91.3 Å². The number of nitrogens with zero attached hydrogens (tertiary/aromatic N) is 5. The largest absolute Gasteiger partial charge is 0.355 e. The number of nitrogens with one attached hydrogen (secondary N) is 1. The Morgan fingerprint density at radius 1 is 1.03 bits per heavy atom. The van der Waals surface area contributed by atoms with Crippen LogP contribution in [-0.4, -0.2) is 60.7 Å². The molecule has 3 aromatic rings. The highest BCUT2D eigenvalue weighted by Crippen LogP contribution is 2.43. The van der Waals surface area contributed by atoms with Crippen molar-refractivity contribution >= 4 is 32.6 Å². The second-order valence-corrected chi connectivity index (χ2v) is 10.5. The monoisotopic (exact) mass is 438 g/mol. The van der Waals surface area contributed by atoms with E-state index in [2.05, 4.69) is 29.5 Å². The summed E-state index contributed by atoms with van der Waals surface area (Å²) in [6, 6.07) is 11.6. The summed E-state index contributed by atoms with van der Waals surface area (Å²) in [4.78, 5) is 18.0. The van der Waals surface area contributed by atoms with E-state index in [4.69, 9.17) is 0 Å². The Bertz CT molecular complexity index is 1180. The first-order valence-electron chi connectivity index (χ1n) is 10.5. The van der Waals surface area contributed by atoms with Gasteiger partial charge in [0.05, 0.1) is 11.6 Å². The zero-order chi connectivity index (χ0) is 21.5. The van der Waals surface area contributed by atoms with Gasteiger partial charge in [-0.1, -0.05) is 12.1 Å². The lowest BCUT2D eigenvalue weighted by molar-refractivity contribution is 0.0721. The van der Waals surface area contributed by atoms with Crippen LogP contribution in [0.3, 0.4) is 0 Å². The van der Waals surface area contributed by atoms with Gasteiger partial charge in [-0.15, -0.1) is 0 Å². The molecule has 0 atom stereocenters. The minimum atomic E-state index is -3.24. The Morgan fingerprint density at radius 3 is 2.48 bits per heavy atom. The number of fused-ring (bicyclic) bond motifs is 1. The maximum absolute atomic E-state index is 11.3. The molecule has 1 N–H and O–H groups in total. The van der Waals surface area contributed by atoms with Crippen molar-refractivity contribution in [3.8, 4) is 0 Å². The first kappa shape index (κ1) is 20.1. The van der Waals surface area contributed by atoms with Crippen molar-refractivity contribution in [2.24, 2.45) is 5.41 Å². The highest BCUT2D eigenvalue weighted by atomic mass is 32.2. The number of hydrogen-bond donors (Lipinski definition) is 1. The van der Waals surface area contributed by atoms with Gasteiger partial charge in [0.25, 0.3) is 0 Å². The Kier molecular flexibility index (Phi) is 5.02. The number of pyridine rings is 1. The minimum Gasteiger partial charge on any atom is -0.355 e. The normalized spacial score (nSPS) is 18.8. The summed E-state index contributed by atoms with van der Waals surface area (Å²) < 4.78 is 25.2. The Morgan fingerprint density at radius 2 is 1.77 bits per heavy atom. The van der Waals surface area contributed by atoms with E-state index in [1.165, 1.54) is 18.4 Å². The van der Waals surface area contributed by atoms with Gasteiger partial charge in [0, 0.05) is 36.9 Å². The molecular formula is C22H26N6O2S. The SMILES string of the molecule is CS(=O)(=O)Nc1ccc(CN2CCC3(CC2)CN(c2ncnc4ncccc24)C3)cc1. The van der Waals surface area contributed by atoms with Crippen molar-refractivity contribution in [3.05, 3.63) is 54.5 Å². The molecule has 8 nitrogen and oxygen atoms in total. The number of sulfonamides is 1. The Balaban J connectivity index is 1.16. The van der Waals surface area contributed by atoms with Crippen LogP contribution in [0.25, 0.3) is 11.0 Å². The molecule has 0 aliphatic carbocycles. The molecule has 0 amide bonds. The minimum absolute atomic E-state index is 0.374. The van der Waals surface area contributed by atoms with Crippen LogP contribution in [0.15, 0.2) is 48.9 Å². The van der Waals surface area contributed by atoms with Crippen LogP contribution in [0, 0.1) is 5.41 Å². The summed E-state index contributed by atoms with van der Waals surface area (Å²) in [5.41, 5.74) is 2.93. The summed E-state index contributed by atoms with van der Waals surface area (Å²) in [5, 5.41) is 1.02. The zero-order valence-electron chi connectivity index (χ0n) is 17.5. The number of benzene rings is 1. The van der Waals surface area contributed by atoms with Crippen molar-refractivity contribution in [1.29, 1.82) is 0 Å². The maximum Gasteiger partial charge on any atom is 0.229 e. The molecule has 0 radical (unpaired) electrons. The van der Waals surface area contributed by atoms with Crippen LogP contribution in [0.2, 0.25) is 0 Å². The predicted molar refractivity (Wildman–Crippen MR) is 121 cm³/mol. The maximum atomic E-state index is 11.3. The molecule has 1 spiro atoms. The molecule has 1 aromatic carbocycles. The standard InChI is InChI=1S/C22H26N6O2S/c1-31(29,30)26-18-6-4-17(5-7-18)13-27-11-8-22(9-12-27)14-28(15-22)21-19-3-2-10-23-20(19)24-16-25-21/h2-7,10,16,26H,8-9,11-15H2,1H3. The lowest BCUT2D eigenvalue weighted by Crippen LogP contribution is -2.60. The van der Waals surface area contributed by atoms with E-state index in [0.717, 1.165) is 55.8 Å². The fourth-order valence-electron chi connectivity index (χ4n) is 4.70. The zero-order valence-corrected chi connectivity index (χ0v) is 18.3. The molecule has 2 fully saturated rings. The number of hydrogen-bond acceptors (Lipinski definition) is 7. The number of aromatic nitrogens is 3. The highest BCUT2D eigenvalue weighted by Gasteiger charge is 2.45. The molecule has 2 aliphatic heterocycles. The predicted octanol–water partition coefficient (Wildman–Crippen LogP) is 2.50. The van der Waals surface area contributed by atoms with E-state index in [1.54, 1.807) is 12.5 Å². The summed E-state index contributed by atoms with van der Waals surface area (Å²) in [7, 11) is -3.24. The van der Waals surface area contributed by atoms with Crippen molar-refractivity contribution in [2.45, 2.75) is 19.4 Å². The van der Waals surface area contributed by atoms with Gasteiger partial charge in [-0.05, 0) is 55.8 Å². The van der Waals surface area contributed by atoms with Crippen molar-refractivity contribution < 1.29 is 8.42 Å². The smallest absolute Gasteiger partial charge is 0.229 e. The second kappa shape index (κ2) is 7.72. The summed E-state index contributed by atoms with van der Waals surface area (Å²) in [5.74, 6) is 0.994. The van der Waals surface area contributed by atoms with Crippen molar-refractivity contribution in [2.75, 3.05) is 42.1 Å². The fourth-order valence-corrected chi connectivity index (χ4v) is 5.26. The van der Waals surface area contributed by atoms with Crippen LogP contribution in [0.4, 0.5) is 11.5 Å². The van der Waals surface area contributed by atoms with Gasteiger partial charge >= 0.3 is 0 Å². The fraction of sp³-hybridized carbons (Fsp3) is 0.409. The third-order valence-corrected chi connectivity index (χ3v) is 6.93. The first-order chi connectivity index (χ1) is 14.9. The van der Waals surface area contributed by atoms with Gasteiger partial charge in [-0.3, -0.25) is 9.62 Å². The molecule has 0 bridgehead atoms. The molecule has 2 aromatic heterocycles. The van der Waals surface area contributed by atoms with Crippen molar-refractivity contribution in [1.82, 2.24) is 19.9 Å². The van der Waals surface area contributed by atoms with E-state index < -0.39 is 10.0 Å². The summed E-state index contributed by atoms with van der Waals surface area (Å²) in [6.45, 7) is 5.11. The molecule has 2 aliphatic rings. The van der Waals surface area contributed by atoms with Gasteiger partial charge in [-0.2, -0.15) is 0 Å². The number of rotatable bonds is 5. The van der Waals surface area contributed by atoms with Gasteiger partial charge in [0.15, 0.2) is 5.65 Å². The van der Waals surface area contributed by atoms with Crippen LogP contribution in [0.5, 0.6) is 0 Å². The van der Waals surface area contributed by atoms with Gasteiger partial charge in [0.1, 0.15) is 12.1 Å². The number of anilines is 2. The number of piperidine rings is 1. The quantitative estimate of drug-likeness (QED) is 0.654. The lowest BCUT2D eigenvalue weighted by atomic mass is 9.72. The number of likely N-dealkylation sites (tertiary alicyclic amines) is 1. The van der Waals surface area contributed by atoms with Crippen molar-refractivity contribution in [3.63, 3.8) is 0 Å². The highest BCUT2D eigenvalue weighted by molar-refractivity contribution is 7.92. The van der Waals surface area contributed by atoms with Crippen LogP contribution in [-0.2, 0) is 16.6 Å². The van der Waals surface area contributed by atoms with E-state index in [0.29, 0.717) is 11.1 Å². The molecule has 2 saturated heterocycles. The van der Waals surface area contributed by atoms with Crippen LogP contribution >= 0.6 is 0 Å². The van der Waals surface area contributed by atoms with Crippen LogP contribution < -0.4 is 9.62 Å². The summed E-state index contributed by atoms with van der Waals surface area (Å²) in [6.07, 6.45) is 6.89. The van der Waals surface area contributed by atoms with Crippen LogP contribution in [0.1, 0.15) is 18.4 Å². The molecule has 0 saturated carbocycles.